The van der Waals surface area contributed by atoms with Crippen LogP contribution in [0.1, 0.15) is 60.8 Å². The van der Waals surface area contributed by atoms with Crippen LogP contribution in [0.5, 0.6) is 0 Å². The molecule has 3 rings (SSSR count). The Morgan fingerprint density at radius 1 is 0.895 bits per heavy atom. The zero-order valence-corrected chi connectivity index (χ0v) is 12.8. The van der Waals surface area contributed by atoms with Gasteiger partial charge in [-0.25, -0.2) is 0 Å². The van der Waals surface area contributed by atoms with E-state index in [1.54, 1.807) is 5.56 Å². The molecule has 0 aromatic heterocycles. The maximum atomic E-state index is 2.43. The Kier molecular flexibility index (Phi) is 3.69. The molecule has 0 nitrogen and oxygen atoms in total. The molecule has 0 heteroatoms. The van der Waals surface area contributed by atoms with E-state index in [1.165, 1.54) is 61.6 Å². The lowest BCUT2D eigenvalue weighted by Gasteiger charge is -2.32. The molecule has 0 saturated heterocycles. The van der Waals surface area contributed by atoms with Crippen LogP contribution in [-0.2, 0) is 6.42 Å². The molecule has 0 bridgehead atoms. The summed E-state index contributed by atoms with van der Waals surface area (Å²) in [7, 11) is 0. The van der Waals surface area contributed by atoms with Crippen LogP contribution in [0.2, 0.25) is 0 Å². The van der Waals surface area contributed by atoms with E-state index in [0.29, 0.717) is 0 Å². The summed E-state index contributed by atoms with van der Waals surface area (Å²) in [6.45, 7) is 6.78. The highest BCUT2D eigenvalue weighted by Crippen LogP contribution is 2.45. The van der Waals surface area contributed by atoms with Crippen LogP contribution in [0.15, 0.2) is 12.1 Å². The fraction of sp³-hybridized carbons (Fsp3) is 0.684. The van der Waals surface area contributed by atoms with Crippen LogP contribution in [0.3, 0.4) is 0 Å². The predicted octanol–water partition coefficient (Wildman–Crippen LogP) is 5.37. The zero-order chi connectivity index (χ0) is 13.4. The fourth-order valence-electron chi connectivity index (χ4n) is 4.56. The van der Waals surface area contributed by atoms with Gasteiger partial charge >= 0.3 is 0 Å². The number of rotatable bonds is 2. The summed E-state index contributed by atoms with van der Waals surface area (Å²) in [6, 6.07) is 4.87. The predicted molar refractivity (Wildman–Crippen MR) is 82.5 cm³/mol. The third kappa shape index (κ3) is 2.73. The molecule has 3 atom stereocenters. The fourth-order valence-corrected chi connectivity index (χ4v) is 4.56. The molecule has 0 radical (unpaired) electrons. The van der Waals surface area contributed by atoms with Crippen molar-refractivity contribution in [1.29, 1.82) is 0 Å². The Bertz CT molecular complexity index is 434. The van der Waals surface area contributed by atoms with Gasteiger partial charge < -0.3 is 0 Å². The maximum Gasteiger partial charge on any atom is -0.0250 e. The van der Waals surface area contributed by atoms with E-state index in [-0.39, 0.29) is 0 Å². The Morgan fingerprint density at radius 3 is 2.32 bits per heavy atom. The molecule has 19 heavy (non-hydrogen) atoms. The first kappa shape index (κ1) is 13.2. The molecule has 3 unspecified atom stereocenters. The first-order valence-corrected chi connectivity index (χ1v) is 8.20. The minimum absolute atomic E-state index is 0.959. The largest absolute Gasteiger partial charge is 0.0558 e. The van der Waals surface area contributed by atoms with Crippen molar-refractivity contribution in [2.45, 2.75) is 65.7 Å². The molecule has 2 aliphatic rings. The Labute approximate surface area is 118 Å². The van der Waals surface area contributed by atoms with E-state index in [0.717, 1.165) is 17.8 Å². The molecule has 0 spiro atoms. The summed E-state index contributed by atoms with van der Waals surface area (Å²) < 4.78 is 0. The summed E-state index contributed by atoms with van der Waals surface area (Å²) in [5, 5.41) is 0. The molecule has 0 amide bonds. The molecule has 2 saturated carbocycles. The second-order valence-electron chi connectivity index (χ2n) is 7.19. The molecule has 2 fully saturated rings. The lowest BCUT2D eigenvalue weighted by Crippen LogP contribution is -2.22. The van der Waals surface area contributed by atoms with Crippen LogP contribution in [0.25, 0.3) is 0 Å². The number of hydrogen-bond donors (Lipinski definition) is 0. The Hall–Kier alpha value is -0.780. The molecule has 0 aliphatic heterocycles. The second kappa shape index (κ2) is 5.31. The van der Waals surface area contributed by atoms with Crippen molar-refractivity contribution in [3.8, 4) is 0 Å². The van der Waals surface area contributed by atoms with Crippen molar-refractivity contribution in [2.24, 2.45) is 17.8 Å². The van der Waals surface area contributed by atoms with E-state index in [4.69, 9.17) is 0 Å². The molecule has 0 N–H and O–H groups in total. The number of benzene rings is 1. The smallest absolute Gasteiger partial charge is 0.0250 e. The minimum atomic E-state index is 0.959. The van der Waals surface area contributed by atoms with Gasteiger partial charge in [-0.2, -0.15) is 0 Å². The Morgan fingerprint density at radius 2 is 1.58 bits per heavy atom. The summed E-state index contributed by atoms with van der Waals surface area (Å²) in [4.78, 5) is 0. The lowest BCUT2D eigenvalue weighted by atomic mass is 9.74. The van der Waals surface area contributed by atoms with Gasteiger partial charge in [0.25, 0.3) is 0 Å². The highest BCUT2D eigenvalue weighted by molar-refractivity contribution is 5.37. The van der Waals surface area contributed by atoms with Crippen molar-refractivity contribution in [1.82, 2.24) is 0 Å². The van der Waals surface area contributed by atoms with Gasteiger partial charge in [-0.15, -0.1) is 0 Å². The summed E-state index contributed by atoms with van der Waals surface area (Å²) >= 11 is 0. The summed E-state index contributed by atoms with van der Waals surface area (Å²) in [5.41, 5.74) is 6.01. The molecule has 104 valence electrons. The van der Waals surface area contributed by atoms with Gasteiger partial charge in [0.2, 0.25) is 0 Å². The van der Waals surface area contributed by atoms with Gasteiger partial charge in [0, 0.05) is 0 Å². The van der Waals surface area contributed by atoms with Gasteiger partial charge in [-0.3, -0.25) is 0 Å². The Balaban J connectivity index is 1.68. The number of aryl methyl sites for hydroxylation is 2. The van der Waals surface area contributed by atoms with E-state index in [1.807, 2.05) is 0 Å². The topological polar surface area (TPSA) is 0 Å². The average molecular weight is 256 g/mol. The van der Waals surface area contributed by atoms with Crippen LogP contribution < -0.4 is 0 Å². The minimum Gasteiger partial charge on any atom is -0.0558 e. The monoisotopic (exact) mass is 256 g/mol. The number of fused-ring (bicyclic) bond motifs is 1. The van der Waals surface area contributed by atoms with E-state index in [9.17, 15) is 0 Å². The highest BCUT2D eigenvalue weighted by atomic mass is 14.4. The van der Waals surface area contributed by atoms with Crippen LogP contribution >= 0.6 is 0 Å². The molecular formula is C19H28. The molecular weight excluding hydrogens is 228 g/mol. The van der Waals surface area contributed by atoms with E-state index in [2.05, 4.69) is 32.9 Å². The molecule has 1 aromatic carbocycles. The highest BCUT2D eigenvalue weighted by Gasteiger charge is 2.33. The first-order valence-electron chi connectivity index (χ1n) is 8.20. The average Bonchev–Trinajstić information content (AvgIpc) is 2.83. The summed E-state index contributed by atoms with van der Waals surface area (Å²) in [5.74, 6) is 3.13. The van der Waals surface area contributed by atoms with Gasteiger partial charge in [0.05, 0.1) is 0 Å². The van der Waals surface area contributed by atoms with Gasteiger partial charge in [-0.05, 0) is 86.5 Å². The third-order valence-electron chi connectivity index (χ3n) is 5.91. The van der Waals surface area contributed by atoms with Gasteiger partial charge in [-0.1, -0.05) is 31.4 Å². The van der Waals surface area contributed by atoms with Crippen LogP contribution in [-0.4, -0.2) is 0 Å². The standard InChI is InChI=1S/C19H28/c1-13-9-17(10-14(2)15(13)3)11-16-7-8-18-5-4-6-19(18)12-16/h9-10,16,18-19H,4-8,11-12H2,1-3H3. The second-order valence-corrected chi connectivity index (χ2v) is 7.19. The van der Waals surface area contributed by atoms with Crippen molar-refractivity contribution < 1.29 is 0 Å². The third-order valence-corrected chi connectivity index (χ3v) is 5.91. The molecule has 0 heterocycles. The van der Waals surface area contributed by atoms with Crippen molar-refractivity contribution >= 4 is 0 Å². The van der Waals surface area contributed by atoms with Crippen molar-refractivity contribution in [2.75, 3.05) is 0 Å². The quantitative estimate of drug-likeness (QED) is 0.667. The van der Waals surface area contributed by atoms with E-state index < -0.39 is 0 Å². The van der Waals surface area contributed by atoms with Crippen molar-refractivity contribution in [3.05, 3.63) is 34.4 Å². The van der Waals surface area contributed by atoms with Crippen LogP contribution in [0, 0.1) is 38.5 Å². The maximum absolute atomic E-state index is 2.43. The van der Waals surface area contributed by atoms with Gasteiger partial charge in [0.15, 0.2) is 0 Å². The van der Waals surface area contributed by atoms with Crippen LogP contribution in [0.4, 0.5) is 0 Å². The van der Waals surface area contributed by atoms with Crippen molar-refractivity contribution in [3.63, 3.8) is 0 Å². The van der Waals surface area contributed by atoms with Gasteiger partial charge in [0.1, 0.15) is 0 Å². The SMILES string of the molecule is Cc1cc(CC2CCC3CCCC3C2)cc(C)c1C. The normalized spacial score (nSPS) is 30.4. The molecule has 2 aliphatic carbocycles. The lowest BCUT2D eigenvalue weighted by molar-refractivity contribution is 0.207. The molecule has 1 aromatic rings. The zero-order valence-electron chi connectivity index (χ0n) is 12.8. The number of hydrogen-bond acceptors (Lipinski definition) is 0. The van der Waals surface area contributed by atoms with E-state index >= 15 is 0 Å². The summed E-state index contributed by atoms with van der Waals surface area (Å²) in [6.07, 6.45) is 10.4. The first-order chi connectivity index (χ1) is 9.13.